The molecule has 0 heterocycles. The van der Waals surface area contributed by atoms with Crippen molar-refractivity contribution in [2.75, 3.05) is 6.61 Å². The number of carbonyl (C=O) groups excluding carboxylic acids is 1. The van der Waals surface area contributed by atoms with Crippen LogP contribution in [0.5, 0.6) is 11.5 Å². The first kappa shape index (κ1) is 13.3. The maximum atomic E-state index is 12.7. The van der Waals surface area contributed by atoms with Crippen molar-refractivity contribution in [1.82, 2.24) is 0 Å². The zero-order chi connectivity index (χ0) is 13.2. The normalized spacial score (nSPS) is 11.4. The van der Waals surface area contributed by atoms with Crippen LogP contribution in [-0.2, 0) is 6.18 Å². The van der Waals surface area contributed by atoms with E-state index in [9.17, 15) is 23.1 Å². The molecular weight excluding hydrogens is 237 g/mol. The van der Waals surface area contributed by atoms with E-state index in [0.29, 0.717) is 6.07 Å². The molecule has 0 radical (unpaired) electrons. The van der Waals surface area contributed by atoms with Crippen LogP contribution in [0.1, 0.15) is 29.8 Å². The Bertz CT molecular complexity index is 438. The maximum absolute atomic E-state index is 12.7. The second kappa shape index (κ2) is 4.65. The Balaban J connectivity index is 3.42. The first-order valence-corrected chi connectivity index (χ1v) is 4.85. The molecule has 0 bridgehead atoms. The molecule has 0 aromatic heterocycles. The molecule has 1 aromatic rings. The van der Waals surface area contributed by atoms with Gasteiger partial charge in [-0.25, -0.2) is 0 Å². The average Bonchev–Trinajstić information content (AvgIpc) is 2.15. The number of Topliss-reactive ketones (excluding diaryl/α,β-unsaturated/α-hetero) is 1. The molecule has 0 atom stereocenters. The largest absolute Gasteiger partial charge is 0.507 e. The minimum atomic E-state index is -4.64. The standard InChI is InChI=1S/C11H11F3O3/c1-3-17-10-5-9(16)7(6(2)15)4-8(10)11(12,13)14/h4-5,16H,3H2,1-2H3. The molecule has 94 valence electrons. The summed E-state index contributed by atoms with van der Waals surface area (Å²) in [6, 6.07) is 1.41. The quantitative estimate of drug-likeness (QED) is 0.836. The number of ketones is 1. The Morgan fingerprint density at radius 3 is 2.41 bits per heavy atom. The van der Waals surface area contributed by atoms with Crippen LogP contribution < -0.4 is 4.74 Å². The summed E-state index contributed by atoms with van der Waals surface area (Å²) in [6.45, 7) is 2.63. The van der Waals surface area contributed by atoms with Gasteiger partial charge in [0.25, 0.3) is 0 Å². The fraction of sp³-hybridized carbons (Fsp3) is 0.364. The van der Waals surface area contributed by atoms with Crippen molar-refractivity contribution >= 4 is 5.78 Å². The van der Waals surface area contributed by atoms with Crippen molar-refractivity contribution in [3.8, 4) is 11.5 Å². The monoisotopic (exact) mass is 248 g/mol. The summed E-state index contributed by atoms with van der Waals surface area (Å²) < 4.78 is 42.8. The van der Waals surface area contributed by atoms with Crippen LogP contribution in [0.2, 0.25) is 0 Å². The molecule has 0 aliphatic rings. The van der Waals surface area contributed by atoms with E-state index in [-0.39, 0.29) is 12.2 Å². The van der Waals surface area contributed by atoms with Crippen molar-refractivity contribution in [3.05, 3.63) is 23.3 Å². The highest BCUT2D eigenvalue weighted by atomic mass is 19.4. The SMILES string of the molecule is CCOc1cc(O)c(C(C)=O)cc1C(F)(F)F. The molecule has 0 aliphatic heterocycles. The van der Waals surface area contributed by atoms with E-state index in [2.05, 4.69) is 0 Å². The predicted molar refractivity (Wildman–Crippen MR) is 54.3 cm³/mol. The van der Waals surface area contributed by atoms with Crippen molar-refractivity contribution in [2.24, 2.45) is 0 Å². The van der Waals surface area contributed by atoms with Crippen LogP contribution in [0, 0.1) is 0 Å². The van der Waals surface area contributed by atoms with Gasteiger partial charge in [0.05, 0.1) is 17.7 Å². The van der Waals surface area contributed by atoms with Gasteiger partial charge in [0.15, 0.2) is 5.78 Å². The Labute approximate surface area is 95.8 Å². The summed E-state index contributed by atoms with van der Waals surface area (Å²) in [5.74, 6) is -1.65. The van der Waals surface area contributed by atoms with Gasteiger partial charge < -0.3 is 9.84 Å². The summed E-state index contributed by atoms with van der Waals surface area (Å²) in [5, 5.41) is 9.41. The molecule has 1 aromatic carbocycles. The number of benzene rings is 1. The van der Waals surface area contributed by atoms with Gasteiger partial charge in [-0.2, -0.15) is 13.2 Å². The van der Waals surface area contributed by atoms with Crippen LogP contribution in [0.15, 0.2) is 12.1 Å². The number of ether oxygens (including phenoxy) is 1. The fourth-order valence-corrected chi connectivity index (χ4v) is 1.35. The molecule has 0 saturated heterocycles. The zero-order valence-corrected chi connectivity index (χ0v) is 9.26. The summed E-state index contributed by atoms with van der Waals surface area (Å²) in [5.41, 5.74) is -1.44. The molecule has 1 rings (SSSR count). The number of rotatable bonds is 3. The topological polar surface area (TPSA) is 46.5 Å². The highest BCUT2D eigenvalue weighted by Crippen LogP contribution is 2.39. The van der Waals surface area contributed by atoms with E-state index in [1.807, 2.05) is 0 Å². The van der Waals surface area contributed by atoms with Gasteiger partial charge in [-0.3, -0.25) is 4.79 Å². The summed E-state index contributed by atoms with van der Waals surface area (Å²) in [6.07, 6.45) is -4.64. The molecule has 0 saturated carbocycles. The molecule has 0 spiro atoms. The molecule has 6 heteroatoms. The van der Waals surface area contributed by atoms with Gasteiger partial charge in [-0.05, 0) is 19.9 Å². The Morgan fingerprint density at radius 2 is 2.00 bits per heavy atom. The summed E-state index contributed by atoms with van der Waals surface area (Å²) in [4.78, 5) is 11.0. The Kier molecular flexibility index (Phi) is 3.65. The molecule has 0 aliphatic carbocycles. The van der Waals surface area contributed by atoms with Gasteiger partial charge in [-0.1, -0.05) is 0 Å². The number of halogens is 3. The van der Waals surface area contributed by atoms with Gasteiger partial charge in [0.2, 0.25) is 0 Å². The van der Waals surface area contributed by atoms with Crippen molar-refractivity contribution in [3.63, 3.8) is 0 Å². The summed E-state index contributed by atoms with van der Waals surface area (Å²) >= 11 is 0. The third-order valence-electron chi connectivity index (χ3n) is 2.08. The molecule has 0 unspecified atom stereocenters. The van der Waals surface area contributed by atoms with Crippen LogP contribution in [0.3, 0.4) is 0 Å². The fourth-order valence-electron chi connectivity index (χ4n) is 1.35. The lowest BCUT2D eigenvalue weighted by Gasteiger charge is -2.14. The molecule has 0 amide bonds. The van der Waals surface area contributed by atoms with Crippen molar-refractivity contribution in [1.29, 1.82) is 0 Å². The smallest absolute Gasteiger partial charge is 0.419 e. The van der Waals surface area contributed by atoms with Gasteiger partial charge in [0, 0.05) is 6.07 Å². The lowest BCUT2D eigenvalue weighted by Crippen LogP contribution is -2.10. The number of phenolic OH excluding ortho intramolecular Hbond substituents is 1. The molecule has 1 N–H and O–H groups in total. The lowest BCUT2D eigenvalue weighted by atomic mass is 10.1. The number of hydrogen-bond donors (Lipinski definition) is 1. The van der Waals surface area contributed by atoms with E-state index in [1.54, 1.807) is 0 Å². The molecule has 0 fully saturated rings. The van der Waals surface area contributed by atoms with E-state index in [4.69, 9.17) is 4.74 Å². The predicted octanol–water partition coefficient (Wildman–Crippen LogP) is 3.01. The highest BCUT2D eigenvalue weighted by Gasteiger charge is 2.35. The third-order valence-corrected chi connectivity index (χ3v) is 2.08. The second-order valence-electron chi connectivity index (χ2n) is 3.35. The van der Waals surface area contributed by atoms with Crippen molar-refractivity contribution < 1.29 is 27.8 Å². The van der Waals surface area contributed by atoms with Gasteiger partial charge in [-0.15, -0.1) is 0 Å². The molecular formula is C11H11F3O3. The number of hydrogen-bond acceptors (Lipinski definition) is 3. The molecule has 17 heavy (non-hydrogen) atoms. The second-order valence-corrected chi connectivity index (χ2v) is 3.35. The average molecular weight is 248 g/mol. The van der Waals surface area contributed by atoms with Crippen LogP contribution in [-0.4, -0.2) is 17.5 Å². The minimum absolute atomic E-state index is 0.0297. The number of aromatic hydroxyl groups is 1. The van der Waals surface area contributed by atoms with Gasteiger partial charge >= 0.3 is 6.18 Å². The number of phenols is 1. The Hall–Kier alpha value is -1.72. The van der Waals surface area contributed by atoms with Crippen molar-refractivity contribution in [2.45, 2.75) is 20.0 Å². The van der Waals surface area contributed by atoms with Crippen LogP contribution in [0.4, 0.5) is 13.2 Å². The zero-order valence-electron chi connectivity index (χ0n) is 9.26. The van der Waals surface area contributed by atoms with E-state index >= 15 is 0 Å². The van der Waals surface area contributed by atoms with Crippen LogP contribution >= 0.6 is 0 Å². The van der Waals surface area contributed by atoms with E-state index in [0.717, 1.165) is 13.0 Å². The lowest BCUT2D eigenvalue weighted by molar-refractivity contribution is -0.138. The molecule has 3 nitrogen and oxygen atoms in total. The first-order valence-electron chi connectivity index (χ1n) is 4.85. The first-order chi connectivity index (χ1) is 7.77. The minimum Gasteiger partial charge on any atom is -0.507 e. The van der Waals surface area contributed by atoms with E-state index in [1.165, 1.54) is 6.92 Å². The maximum Gasteiger partial charge on any atom is 0.419 e. The number of alkyl halides is 3. The number of carbonyl (C=O) groups is 1. The van der Waals surface area contributed by atoms with Crippen LogP contribution in [0.25, 0.3) is 0 Å². The highest BCUT2D eigenvalue weighted by molar-refractivity contribution is 5.97. The van der Waals surface area contributed by atoms with E-state index < -0.39 is 29.0 Å². The Morgan fingerprint density at radius 1 is 1.41 bits per heavy atom. The summed E-state index contributed by atoms with van der Waals surface area (Å²) in [7, 11) is 0. The third kappa shape index (κ3) is 2.89. The van der Waals surface area contributed by atoms with Gasteiger partial charge in [0.1, 0.15) is 11.5 Å².